The predicted molar refractivity (Wildman–Crippen MR) is 79.6 cm³/mol. The fourth-order valence-electron chi connectivity index (χ4n) is 2.20. The molecule has 3 unspecified atom stereocenters. The number of aromatic nitrogens is 2. The Balaban J connectivity index is 2.34. The lowest BCUT2D eigenvalue weighted by Crippen LogP contribution is -2.48. The SMILES string of the molecule is CC(=O)OCC1OC(c2nnc(C)o2)=CC(OC(C)=O)C1OC(C)=O. The molecule has 0 aromatic carbocycles. The van der Waals surface area contributed by atoms with E-state index in [0.717, 1.165) is 0 Å². The molecule has 0 saturated heterocycles. The van der Waals surface area contributed by atoms with E-state index in [2.05, 4.69) is 10.2 Å². The Hall–Kier alpha value is -2.91. The number of carbonyl (C=O) groups excluding carboxylic acids is 3. The zero-order valence-electron chi connectivity index (χ0n) is 14.2. The third-order valence-electron chi connectivity index (χ3n) is 3.08. The first-order valence-electron chi connectivity index (χ1n) is 7.43. The van der Waals surface area contributed by atoms with Crippen molar-refractivity contribution in [2.75, 3.05) is 6.61 Å². The highest BCUT2D eigenvalue weighted by molar-refractivity contribution is 5.69. The maximum Gasteiger partial charge on any atom is 0.303 e. The Bertz CT molecular complexity index is 695. The van der Waals surface area contributed by atoms with E-state index in [4.69, 9.17) is 23.4 Å². The molecule has 2 rings (SSSR count). The molecular weight excluding hydrogens is 336 g/mol. The van der Waals surface area contributed by atoms with E-state index in [1.165, 1.54) is 26.8 Å². The van der Waals surface area contributed by atoms with Gasteiger partial charge < -0.3 is 23.4 Å². The normalized spacial score (nSPS) is 22.4. The van der Waals surface area contributed by atoms with Gasteiger partial charge >= 0.3 is 17.9 Å². The standard InChI is InChI=1S/C15H18N2O8/c1-7-16-17-15(22-7)12-5-11(23-9(3)19)14(24-10(4)20)13(25-12)6-21-8(2)18/h5,11,13-14H,6H2,1-4H3. The first kappa shape index (κ1) is 18.4. The molecule has 2 heterocycles. The van der Waals surface area contributed by atoms with Gasteiger partial charge in [-0.2, -0.15) is 0 Å². The molecule has 1 aromatic heterocycles. The number of hydrogen-bond donors (Lipinski definition) is 0. The number of aryl methyl sites for hydroxylation is 1. The van der Waals surface area contributed by atoms with Crippen LogP contribution in [0.4, 0.5) is 0 Å². The molecule has 1 aliphatic rings. The second-order valence-electron chi connectivity index (χ2n) is 5.26. The highest BCUT2D eigenvalue weighted by atomic mass is 16.6. The van der Waals surface area contributed by atoms with Crippen LogP contribution in [-0.2, 0) is 33.3 Å². The van der Waals surface area contributed by atoms with Gasteiger partial charge in [0, 0.05) is 33.8 Å². The van der Waals surface area contributed by atoms with Crippen LogP contribution >= 0.6 is 0 Å². The van der Waals surface area contributed by atoms with Gasteiger partial charge in [-0.1, -0.05) is 0 Å². The van der Waals surface area contributed by atoms with Crippen molar-refractivity contribution in [1.82, 2.24) is 10.2 Å². The summed E-state index contributed by atoms with van der Waals surface area (Å²) in [4.78, 5) is 33.9. The van der Waals surface area contributed by atoms with E-state index >= 15 is 0 Å². The third-order valence-corrected chi connectivity index (χ3v) is 3.08. The molecular formula is C15H18N2O8. The van der Waals surface area contributed by atoms with Gasteiger partial charge in [0.25, 0.3) is 5.89 Å². The minimum atomic E-state index is -1.01. The van der Waals surface area contributed by atoms with Gasteiger partial charge in [-0.15, -0.1) is 10.2 Å². The molecule has 10 nitrogen and oxygen atoms in total. The van der Waals surface area contributed by atoms with Gasteiger partial charge in [-0.05, 0) is 0 Å². The van der Waals surface area contributed by atoms with Gasteiger partial charge in [0.2, 0.25) is 5.89 Å². The lowest BCUT2D eigenvalue weighted by molar-refractivity contribution is -0.177. The number of rotatable bonds is 5. The van der Waals surface area contributed by atoms with E-state index in [9.17, 15) is 14.4 Å². The van der Waals surface area contributed by atoms with E-state index in [-0.39, 0.29) is 18.3 Å². The lowest BCUT2D eigenvalue weighted by atomic mass is 10.0. The van der Waals surface area contributed by atoms with Crippen molar-refractivity contribution in [3.63, 3.8) is 0 Å². The van der Waals surface area contributed by atoms with Crippen molar-refractivity contribution in [3.8, 4) is 0 Å². The second kappa shape index (κ2) is 7.77. The molecule has 136 valence electrons. The van der Waals surface area contributed by atoms with Gasteiger partial charge in [-0.25, -0.2) is 0 Å². The van der Waals surface area contributed by atoms with Crippen LogP contribution in [0.25, 0.3) is 5.76 Å². The van der Waals surface area contributed by atoms with Crippen LogP contribution < -0.4 is 0 Å². The van der Waals surface area contributed by atoms with Crippen molar-refractivity contribution in [3.05, 3.63) is 17.9 Å². The van der Waals surface area contributed by atoms with Crippen LogP contribution in [0.15, 0.2) is 10.5 Å². The summed E-state index contributed by atoms with van der Waals surface area (Å²) in [6, 6.07) is 0. The van der Waals surface area contributed by atoms with Crippen molar-refractivity contribution in [2.45, 2.75) is 46.0 Å². The summed E-state index contributed by atoms with van der Waals surface area (Å²) in [6.45, 7) is 5.02. The van der Waals surface area contributed by atoms with Crippen LogP contribution in [0.1, 0.15) is 32.6 Å². The number of hydrogen-bond acceptors (Lipinski definition) is 10. The van der Waals surface area contributed by atoms with Crippen LogP contribution in [0.3, 0.4) is 0 Å². The second-order valence-corrected chi connectivity index (χ2v) is 5.26. The first-order chi connectivity index (χ1) is 11.8. The van der Waals surface area contributed by atoms with Crippen molar-refractivity contribution in [1.29, 1.82) is 0 Å². The molecule has 0 saturated carbocycles. The monoisotopic (exact) mass is 354 g/mol. The number of esters is 3. The third kappa shape index (κ3) is 5.03. The highest BCUT2D eigenvalue weighted by Crippen LogP contribution is 2.29. The zero-order valence-corrected chi connectivity index (χ0v) is 14.2. The van der Waals surface area contributed by atoms with Gasteiger partial charge in [0.15, 0.2) is 24.1 Å². The molecule has 0 aliphatic carbocycles. The minimum absolute atomic E-state index is 0.0590. The number of carbonyl (C=O) groups is 3. The van der Waals surface area contributed by atoms with E-state index < -0.39 is 36.2 Å². The molecule has 0 radical (unpaired) electrons. The average Bonchev–Trinajstić information content (AvgIpc) is 2.92. The van der Waals surface area contributed by atoms with Crippen LogP contribution in [0, 0.1) is 6.92 Å². The summed E-state index contributed by atoms with van der Waals surface area (Å²) in [5.41, 5.74) is 0. The Morgan fingerprint density at radius 3 is 2.28 bits per heavy atom. The Morgan fingerprint density at radius 2 is 1.76 bits per heavy atom. The van der Waals surface area contributed by atoms with Gasteiger partial charge in [-0.3, -0.25) is 14.4 Å². The van der Waals surface area contributed by atoms with Gasteiger partial charge in [0.05, 0.1) is 0 Å². The first-order valence-corrected chi connectivity index (χ1v) is 7.43. The summed E-state index contributed by atoms with van der Waals surface area (Å²) in [6.07, 6.45) is -1.51. The van der Waals surface area contributed by atoms with Crippen molar-refractivity contribution in [2.24, 2.45) is 0 Å². The number of ether oxygens (including phenoxy) is 4. The van der Waals surface area contributed by atoms with E-state index in [1.54, 1.807) is 6.92 Å². The molecule has 0 spiro atoms. The average molecular weight is 354 g/mol. The lowest BCUT2D eigenvalue weighted by Gasteiger charge is -2.34. The zero-order chi connectivity index (χ0) is 18.6. The molecule has 0 N–H and O–H groups in total. The maximum absolute atomic E-state index is 11.4. The van der Waals surface area contributed by atoms with Crippen molar-refractivity contribution < 1.29 is 37.7 Å². The van der Waals surface area contributed by atoms with Crippen LogP contribution in [0.2, 0.25) is 0 Å². The molecule has 0 bridgehead atoms. The van der Waals surface area contributed by atoms with Crippen LogP contribution in [-0.4, -0.2) is 53.0 Å². The predicted octanol–water partition coefficient (Wildman–Crippen LogP) is 0.544. The van der Waals surface area contributed by atoms with E-state index in [0.29, 0.717) is 5.89 Å². The molecule has 0 amide bonds. The maximum atomic E-state index is 11.4. The highest BCUT2D eigenvalue weighted by Gasteiger charge is 2.41. The summed E-state index contributed by atoms with van der Waals surface area (Å²) in [5.74, 6) is -1.24. The molecule has 1 aliphatic heterocycles. The Labute approximate surface area is 143 Å². The van der Waals surface area contributed by atoms with Crippen LogP contribution in [0.5, 0.6) is 0 Å². The van der Waals surface area contributed by atoms with Crippen molar-refractivity contribution >= 4 is 23.7 Å². The smallest absolute Gasteiger partial charge is 0.303 e. The topological polar surface area (TPSA) is 127 Å². The molecule has 3 atom stereocenters. The Kier molecular flexibility index (Phi) is 5.73. The summed E-state index contributed by atoms with van der Waals surface area (Å²) in [5, 5.41) is 7.53. The molecule has 25 heavy (non-hydrogen) atoms. The molecule has 10 heteroatoms. The molecule has 0 fully saturated rings. The van der Waals surface area contributed by atoms with Gasteiger partial charge in [0.1, 0.15) is 6.61 Å². The number of nitrogens with zero attached hydrogens (tertiary/aromatic N) is 2. The largest absolute Gasteiger partial charge is 0.477 e. The summed E-state index contributed by atoms with van der Waals surface area (Å²) in [7, 11) is 0. The Morgan fingerprint density at radius 1 is 1.08 bits per heavy atom. The summed E-state index contributed by atoms with van der Waals surface area (Å²) >= 11 is 0. The fourth-order valence-corrected chi connectivity index (χ4v) is 2.20. The minimum Gasteiger partial charge on any atom is -0.477 e. The quantitative estimate of drug-likeness (QED) is 0.546. The van der Waals surface area contributed by atoms with E-state index in [1.807, 2.05) is 0 Å². The summed E-state index contributed by atoms with van der Waals surface area (Å²) < 4.78 is 26.3. The fraction of sp³-hybridized carbons (Fsp3) is 0.533. The molecule has 1 aromatic rings.